The lowest BCUT2D eigenvalue weighted by atomic mass is 10.3. The second kappa shape index (κ2) is 7.40. The molecule has 0 aliphatic carbocycles. The van der Waals surface area contributed by atoms with E-state index in [9.17, 15) is 4.57 Å². The molecule has 1 aromatic rings. The molecule has 80 valence electrons. The Morgan fingerprint density at radius 2 is 1.64 bits per heavy atom. The van der Waals surface area contributed by atoms with Crippen molar-refractivity contribution in [3.05, 3.63) is 30.3 Å². The van der Waals surface area contributed by atoms with Crippen LogP contribution in [0.2, 0.25) is 0 Å². The molecule has 0 saturated heterocycles. The van der Waals surface area contributed by atoms with E-state index in [1.165, 1.54) is 12.1 Å². The zero-order valence-corrected chi connectivity index (χ0v) is 9.93. The van der Waals surface area contributed by atoms with E-state index in [1.54, 1.807) is 18.2 Å². The monoisotopic (exact) mass is 276 g/mol. The van der Waals surface area contributed by atoms with Gasteiger partial charge in [-0.3, -0.25) is 9.79 Å². The maximum atomic E-state index is 10.3. The Labute approximate surface area is 94.4 Å². The number of hydrogen-bond acceptors (Lipinski definition) is 3. The summed E-state index contributed by atoms with van der Waals surface area (Å²) in [5.74, 6) is 0.167. The van der Waals surface area contributed by atoms with E-state index < -0.39 is 7.82 Å². The van der Waals surface area contributed by atoms with Gasteiger partial charge in [0.25, 0.3) is 0 Å². The summed E-state index contributed by atoms with van der Waals surface area (Å²) < 4.78 is 14.5. The van der Waals surface area contributed by atoms with Gasteiger partial charge < -0.3 is 4.52 Å². The maximum absolute atomic E-state index is 10.3. The molecule has 0 radical (unpaired) electrons. The summed E-state index contributed by atoms with van der Waals surface area (Å²) in [5.41, 5.74) is 0. The Balaban J connectivity index is 0.000000500. The lowest BCUT2D eigenvalue weighted by Crippen LogP contribution is -1.88. The number of rotatable bonds is 2. The number of hydrogen-bond donors (Lipinski definition) is 2. The number of para-hydroxylation sites is 1. The number of phosphoric acid groups is 1. The van der Waals surface area contributed by atoms with Crippen LogP contribution in [0.1, 0.15) is 0 Å². The topological polar surface area (TPSA) is 66.8 Å². The molecule has 14 heavy (non-hydrogen) atoms. The first-order valence-corrected chi connectivity index (χ1v) is 7.19. The van der Waals surface area contributed by atoms with E-state index in [2.05, 4.69) is 25.9 Å². The van der Waals surface area contributed by atoms with E-state index in [0.29, 0.717) is 10.2 Å². The zero-order chi connectivity index (χ0) is 11.0. The van der Waals surface area contributed by atoms with Crippen molar-refractivity contribution in [2.24, 2.45) is 0 Å². The highest BCUT2D eigenvalue weighted by molar-refractivity contribution is 8.38. The largest absolute Gasteiger partial charge is 0.524 e. The van der Waals surface area contributed by atoms with E-state index in [0.717, 1.165) is 0 Å². The zero-order valence-electron chi connectivity index (χ0n) is 6.71. The second-order valence-corrected chi connectivity index (χ2v) is 4.63. The molecule has 0 aliphatic heterocycles. The van der Waals surface area contributed by atoms with Crippen LogP contribution in [0, 0.1) is 0 Å². The molecule has 0 aliphatic rings. The predicted molar refractivity (Wildman–Crippen MR) is 58.4 cm³/mol. The first-order valence-electron chi connectivity index (χ1n) is 3.19. The van der Waals surface area contributed by atoms with Crippen LogP contribution >= 0.6 is 39.4 Å². The van der Waals surface area contributed by atoms with Gasteiger partial charge in [-0.05, 0) is 33.5 Å². The number of halogens is 2. The van der Waals surface area contributed by atoms with Crippen LogP contribution in [-0.4, -0.2) is 9.79 Å². The molecule has 8 heteroatoms. The van der Waals surface area contributed by atoms with Crippen LogP contribution in [0.25, 0.3) is 0 Å². The molecule has 0 spiro atoms. The lowest BCUT2D eigenvalue weighted by Gasteiger charge is -2.04. The molecule has 0 amide bonds. The Hall–Kier alpha value is 0.1000. The third-order valence-electron chi connectivity index (χ3n) is 0.968. The first kappa shape index (κ1) is 14.1. The van der Waals surface area contributed by atoms with Crippen LogP contribution in [0.5, 0.6) is 5.75 Å². The van der Waals surface area contributed by atoms with E-state index in [1.807, 2.05) is 0 Å². The molecule has 1 rings (SSSR count). The molecule has 0 atom stereocenters. The maximum Gasteiger partial charge on any atom is 0.524 e. The Morgan fingerprint density at radius 1 is 1.21 bits per heavy atom. The molecule has 0 saturated carbocycles. The molecule has 0 unspecified atom stereocenters. The minimum absolute atomic E-state index is 0.167. The summed E-state index contributed by atoms with van der Waals surface area (Å²) in [7, 11) is 5.67. The van der Waals surface area contributed by atoms with Gasteiger partial charge in [-0.15, -0.1) is 0 Å². The first-order chi connectivity index (χ1) is 6.49. The van der Waals surface area contributed by atoms with Gasteiger partial charge in [-0.1, -0.05) is 18.2 Å². The van der Waals surface area contributed by atoms with Crippen LogP contribution in [0.3, 0.4) is 0 Å². The Bertz CT molecular complexity index is 291. The molecule has 0 aromatic heterocycles. The highest BCUT2D eigenvalue weighted by Crippen LogP contribution is 2.36. The minimum Gasteiger partial charge on any atom is -0.404 e. The van der Waals surface area contributed by atoms with Gasteiger partial charge in [0.05, 0.1) is 10.2 Å². The van der Waals surface area contributed by atoms with E-state index in [4.69, 9.17) is 9.79 Å². The van der Waals surface area contributed by atoms with Crippen molar-refractivity contribution >= 4 is 39.4 Å². The second-order valence-electron chi connectivity index (χ2n) is 1.95. The van der Waals surface area contributed by atoms with Crippen molar-refractivity contribution in [3.63, 3.8) is 0 Å². The summed E-state index contributed by atoms with van der Waals surface area (Å²) in [6.07, 6.45) is 0. The normalized spacial score (nSPS) is 10.0. The average molecular weight is 277 g/mol. The van der Waals surface area contributed by atoms with Gasteiger partial charge in [0.15, 0.2) is 0 Å². The Morgan fingerprint density at radius 3 is 2.00 bits per heavy atom. The van der Waals surface area contributed by atoms with E-state index in [-0.39, 0.29) is 5.75 Å². The molecule has 0 fully saturated rings. The quantitative estimate of drug-likeness (QED) is 0.812. The summed E-state index contributed by atoms with van der Waals surface area (Å²) in [4.78, 5) is 16.7. The molecule has 0 heterocycles. The number of benzene rings is 1. The smallest absolute Gasteiger partial charge is 0.404 e. The fraction of sp³-hybridized carbons (Fsp3) is 0. The molecule has 1 aromatic carbocycles. The van der Waals surface area contributed by atoms with Crippen molar-refractivity contribution in [3.8, 4) is 5.75 Å². The van der Waals surface area contributed by atoms with Crippen LogP contribution in [0.15, 0.2) is 30.3 Å². The van der Waals surface area contributed by atoms with Crippen molar-refractivity contribution in [2.75, 3.05) is 0 Å². The van der Waals surface area contributed by atoms with Crippen LogP contribution < -0.4 is 4.52 Å². The molecule has 2 N–H and O–H groups in total. The summed E-state index contributed by atoms with van der Waals surface area (Å²) in [6, 6.07) is 7.93. The van der Waals surface area contributed by atoms with Gasteiger partial charge in [-0.25, -0.2) is 4.57 Å². The molecule has 4 nitrogen and oxygen atoms in total. The average Bonchev–Trinajstić information content (AvgIpc) is 2.04. The van der Waals surface area contributed by atoms with E-state index >= 15 is 0 Å². The van der Waals surface area contributed by atoms with Gasteiger partial charge in [0.2, 0.25) is 0 Å². The third kappa shape index (κ3) is 8.69. The van der Waals surface area contributed by atoms with Crippen molar-refractivity contribution < 1.29 is 18.9 Å². The van der Waals surface area contributed by atoms with Gasteiger partial charge in [0.1, 0.15) is 5.75 Å². The predicted octanol–water partition coefficient (Wildman–Crippen LogP) is 3.19. The van der Waals surface area contributed by atoms with Crippen LogP contribution in [0.4, 0.5) is 0 Å². The summed E-state index contributed by atoms with van der Waals surface area (Å²) in [5, 5.41) is 0. The fourth-order valence-electron chi connectivity index (χ4n) is 0.619. The van der Waals surface area contributed by atoms with Crippen molar-refractivity contribution in [1.82, 2.24) is 0 Å². The standard InChI is InChI=1S/C6H7O4P.Cl2S/c7-11(8,9)10-6-4-2-1-3-5-6;1-3-2/h1-5H,(H2,7,8,9);. The highest BCUT2D eigenvalue weighted by atomic mass is 36.0. The molecular weight excluding hydrogens is 270 g/mol. The Kier molecular flexibility index (Phi) is 7.45. The van der Waals surface area contributed by atoms with Crippen molar-refractivity contribution in [2.45, 2.75) is 0 Å². The molecule has 0 bridgehead atoms. The summed E-state index contributed by atoms with van der Waals surface area (Å²) >= 11 is 0. The summed E-state index contributed by atoms with van der Waals surface area (Å²) in [6.45, 7) is 0. The molecular formula is C6H7Cl2O4PS. The van der Waals surface area contributed by atoms with Gasteiger partial charge in [-0.2, -0.15) is 0 Å². The SMILES string of the molecule is ClSCl.O=P(O)(O)Oc1ccccc1. The van der Waals surface area contributed by atoms with Gasteiger partial charge in [0, 0.05) is 0 Å². The lowest BCUT2D eigenvalue weighted by molar-refractivity contribution is 0.283. The fourth-order valence-corrected chi connectivity index (χ4v) is 1.02. The number of phosphoric ester groups is 1. The van der Waals surface area contributed by atoms with Gasteiger partial charge >= 0.3 is 7.82 Å². The minimum atomic E-state index is -4.39. The highest BCUT2D eigenvalue weighted by Gasteiger charge is 2.14. The third-order valence-corrected chi connectivity index (χ3v) is 1.42. The van der Waals surface area contributed by atoms with Crippen LogP contribution in [-0.2, 0) is 4.57 Å². The van der Waals surface area contributed by atoms with Crippen molar-refractivity contribution in [1.29, 1.82) is 0 Å².